The number of aromatic nitrogens is 2. The van der Waals surface area contributed by atoms with E-state index in [1.807, 2.05) is 48.5 Å². The van der Waals surface area contributed by atoms with Crippen molar-refractivity contribution in [1.29, 1.82) is 0 Å². The SMILES string of the molecule is O=c1c2cc(F)ccc2nc(-c2ccccc2OP(=O)(O)OC(Cc2ccccc2)c2ccccc2)n1CCc1cccc(F)c1. The number of rotatable bonds is 11. The number of hydrogen-bond donors (Lipinski definition) is 1. The van der Waals surface area contributed by atoms with Gasteiger partial charge >= 0.3 is 7.82 Å². The van der Waals surface area contributed by atoms with Gasteiger partial charge in [-0.3, -0.25) is 18.8 Å². The molecule has 2 unspecified atom stereocenters. The third-order valence-electron chi connectivity index (χ3n) is 7.47. The summed E-state index contributed by atoms with van der Waals surface area (Å²) in [6, 6.07) is 34.6. The number of halogens is 2. The summed E-state index contributed by atoms with van der Waals surface area (Å²) in [4.78, 5) is 29.5. The summed E-state index contributed by atoms with van der Waals surface area (Å²) in [5, 5.41) is 0.0594. The molecule has 0 saturated heterocycles. The fraction of sp³-hybridized carbons (Fsp3) is 0.111. The van der Waals surface area contributed by atoms with Gasteiger partial charge in [-0.25, -0.2) is 18.3 Å². The lowest BCUT2D eigenvalue weighted by Crippen LogP contribution is -2.25. The summed E-state index contributed by atoms with van der Waals surface area (Å²) in [5.74, 6) is -0.934. The van der Waals surface area contributed by atoms with Crippen LogP contribution in [0.5, 0.6) is 5.75 Å². The molecule has 0 spiro atoms. The van der Waals surface area contributed by atoms with Crippen LogP contribution in [0.3, 0.4) is 0 Å². The largest absolute Gasteiger partial charge is 0.528 e. The minimum Gasteiger partial charge on any atom is -0.403 e. The van der Waals surface area contributed by atoms with Gasteiger partial charge in [0.2, 0.25) is 0 Å². The van der Waals surface area contributed by atoms with Crippen LogP contribution in [0.4, 0.5) is 8.78 Å². The molecule has 0 saturated carbocycles. The molecule has 6 aromatic rings. The molecule has 0 aliphatic carbocycles. The van der Waals surface area contributed by atoms with E-state index in [1.54, 1.807) is 42.5 Å². The van der Waals surface area contributed by atoms with Gasteiger partial charge in [0, 0.05) is 13.0 Å². The van der Waals surface area contributed by atoms with Crippen molar-refractivity contribution in [3.63, 3.8) is 0 Å². The second kappa shape index (κ2) is 13.6. The fourth-order valence-electron chi connectivity index (χ4n) is 5.29. The molecule has 6 rings (SSSR count). The molecule has 1 N–H and O–H groups in total. The maximum absolute atomic E-state index is 14.2. The highest BCUT2D eigenvalue weighted by Gasteiger charge is 2.31. The topological polar surface area (TPSA) is 90.7 Å². The summed E-state index contributed by atoms with van der Waals surface area (Å²) in [7, 11) is -4.78. The third kappa shape index (κ3) is 7.29. The molecule has 1 heterocycles. The highest BCUT2D eigenvalue weighted by Crippen LogP contribution is 2.50. The van der Waals surface area contributed by atoms with E-state index < -0.39 is 31.1 Å². The van der Waals surface area contributed by atoms with Gasteiger partial charge in [-0.05, 0) is 65.6 Å². The zero-order chi connectivity index (χ0) is 32.1. The molecule has 5 aromatic carbocycles. The number of fused-ring (bicyclic) bond motifs is 1. The Morgan fingerprint density at radius 3 is 2.22 bits per heavy atom. The number of nitrogens with zero attached hydrogens (tertiary/aromatic N) is 2. The second-order valence-electron chi connectivity index (χ2n) is 10.7. The molecule has 0 radical (unpaired) electrons. The van der Waals surface area contributed by atoms with Gasteiger partial charge in [-0.2, -0.15) is 0 Å². The van der Waals surface area contributed by atoms with E-state index in [0.29, 0.717) is 17.5 Å². The smallest absolute Gasteiger partial charge is 0.403 e. The van der Waals surface area contributed by atoms with Crippen molar-refractivity contribution < 1.29 is 27.3 Å². The van der Waals surface area contributed by atoms with Crippen LogP contribution in [-0.2, 0) is 28.5 Å². The number of phosphoric ester groups is 1. The zero-order valence-corrected chi connectivity index (χ0v) is 25.4. The Hall–Kier alpha value is -4.95. The van der Waals surface area contributed by atoms with E-state index in [2.05, 4.69) is 4.98 Å². The van der Waals surface area contributed by atoms with E-state index >= 15 is 0 Å². The minimum absolute atomic E-state index is 0.0484. The number of benzene rings is 5. The van der Waals surface area contributed by atoms with Crippen molar-refractivity contribution in [2.75, 3.05) is 0 Å². The molecule has 46 heavy (non-hydrogen) atoms. The Morgan fingerprint density at radius 1 is 0.783 bits per heavy atom. The van der Waals surface area contributed by atoms with Crippen LogP contribution in [0, 0.1) is 11.6 Å². The van der Waals surface area contributed by atoms with E-state index in [9.17, 15) is 23.0 Å². The molecule has 0 bridgehead atoms. The van der Waals surface area contributed by atoms with Crippen LogP contribution in [0.25, 0.3) is 22.3 Å². The molecular formula is C36H29F2N2O5P. The van der Waals surface area contributed by atoms with Crippen molar-refractivity contribution in [2.45, 2.75) is 25.5 Å². The van der Waals surface area contributed by atoms with Gasteiger partial charge in [0.15, 0.2) is 0 Å². The molecule has 232 valence electrons. The lowest BCUT2D eigenvalue weighted by atomic mass is 10.0. The lowest BCUT2D eigenvalue weighted by Gasteiger charge is -2.23. The first-order valence-corrected chi connectivity index (χ1v) is 16.1. The van der Waals surface area contributed by atoms with E-state index in [0.717, 1.165) is 11.6 Å². The highest BCUT2D eigenvalue weighted by atomic mass is 31.2. The Labute approximate surface area is 264 Å². The van der Waals surface area contributed by atoms with Gasteiger partial charge < -0.3 is 4.52 Å². The predicted molar refractivity (Wildman–Crippen MR) is 172 cm³/mol. The van der Waals surface area contributed by atoms with Crippen molar-refractivity contribution in [3.05, 3.63) is 166 Å². The average molecular weight is 639 g/mol. The van der Waals surface area contributed by atoms with E-state index in [4.69, 9.17) is 9.05 Å². The molecule has 0 aliphatic heterocycles. The van der Waals surface area contributed by atoms with E-state index in [-0.39, 0.29) is 41.0 Å². The summed E-state index contributed by atoms with van der Waals surface area (Å²) in [6.07, 6.45) is -0.247. The Balaban J connectivity index is 1.37. The van der Waals surface area contributed by atoms with Gasteiger partial charge in [0.25, 0.3) is 5.56 Å². The summed E-state index contributed by atoms with van der Waals surface area (Å²) in [6.45, 7) is 0.0614. The van der Waals surface area contributed by atoms with Crippen LogP contribution < -0.4 is 10.1 Å². The fourth-order valence-corrected chi connectivity index (χ4v) is 6.26. The molecule has 10 heteroatoms. The second-order valence-corrected chi connectivity index (χ2v) is 12.0. The number of phosphoric acid groups is 1. The van der Waals surface area contributed by atoms with Crippen LogP contribution in [-0.4, -0.2) is 14.4 Å². The molecule has 0 aliphatic rings. The molecule has 7 nitrogen and oxygen atoms in total. The van der Waals surface area contributed by atoms with Crippen molar-refractivity contribution in [3.8, 4) is 17.1 Å². The lowest BCUT2D eigenvalue weighted by molar-refractivity contribution is 0.138. The number of hydrogen-bond acceptors (Lipinski definition) is 5. The average Bonchev–Trinajstić information content (AvgIpc) is 3.05. The Kier molecular flexibility index (Phi) is 9.17. The maximum Gasteiger partial charge on any atom is 0.528 e. The highest BCUT2D eigenvalue weighted by molar-refractivity contribution is 7.47. The van der Waals surface area contributed by atoms with E-state index in [1.165, 1.54) is 34.9 Å². The first kappa shape index (κ1) is 31.0. The predicted octanol–water partition coefficient (Wildman–Crippen LogP) is 8.06. The summed E-state index contributed by atoms with van der Waals surface area (Å²) >= 11 is 0. The third-order valence-corrected chi connectivity index (χ3v) is 8.42. The van der Waals surface area contributed by atoms with Gasteiger partial charge in [0.05, 0.1) is 22.6 Å². The summed E-state index contributed by atoms with van der Waals surface area (Å²) < 4.78 is 54.5. The van der Waals surface area contributed by atoms with Gasteiger partial charge in [-0.1, -0.05) is 84.9 Å². The zero-order valence-electron chi connectivity index (χ0n) is 24.5. The monoisotopic (exact) mass is 638 g/mol. The maximum atomic E-state index is 14.2. The van der Waals surface area contributed by atoms with Crippen LogP contribution in [0.1, 0.15) is 22.8 Å². The van der Waals surface area contributed by atoms with Crippen LogP contribution >= 0.6 is 7.82 Å². The van der Waals surface area contributed by atoms with Crippen molar-refractivity contribution in [1.82, 2.24) is 9.55 Å². The minimum atomic E-state index is -4.78. The van der Waals surface area contributed by atoms with Crippen LogP contribution in [0.15, 0.2) is 132 Å². The normalized spacial score (nSPS) is 13.3. The van der Waals surface area contributed by atoms with Crippen LogP contribution in [0.2, 0.25) is 0 Å². The quantitative estimate of drug-likeness (QED) is 0.144. The molecule has 0 fully saturated rings. The first-order valence-electron chi connectivity index (χ1n) is 14.6. The number of para-hydroxylation sites is 1. The molecule has 2 atom stereocenters. The molecule has 1 aromatic heterocycles. The molecule has 0 amide bonds. The van der Waals surface area contributed by atoms with Crippen molar-refractivity contribution in [2.24, 2.45) is 0 Å². The van der Waals surface area contributed by atoms with Gasteiger partial charge in [0.1, 0.15) is 23.2 Å². The molecular weight excluding hydrogens is 609 g/mol. The first-order chi connectivity index (χ1) is 22.3. The van der Waals surface area contributed by atoms with Crippen molar-refractivity contribution >= 4 is 18.7 Å². The Bertz CT molecular complexity index is 2090. The Morgan fingerprint density at radius 2 is 1.46 bits per heavy atom. The number of aryl methyl sites for hydroxylation is 1. The summed E-state index contributed by atoms with van der Waals surface area (Å²) in [5.41, 5.74) is 2.17. The van der Waals surface area contributed by atoms with Gasteiger partial charge in [-0.15, -0.1) is 0 Å². The standard InChI is InChI=1S/C36H29F2N2O5P/c37-28-15-9-12-26(22-28)20-21-40-35(39-32-19-18-29(38)24-31(32)36(40)41)30-16-7-8-17-33(30)44-46(42,43)45-34(27-13-5-2-6-14-27)23-25-10-3-1-4-11-25/h1-19,22,24,34H,20-21,23H2,(H,42,43).